The van der Waals surface area contributed by atoms with E-state index in [0.717, 1.165) is 54.6 Å². The van der Waals surface area contributed by atoms with Crippen molar-refractivity contribution in [3.05, 3.63) is 41.5 Å². The van der Waals surface area contributed by atoms with E-state index >= 15 is 0 Å². The van der Waals surface area contributed by atoms with Crippen molar-refractivity contribution in [1.82, 2.24) is 29.5 Å². The first-order chi connectivity index (χ1) is 16.8. The number of carbonyl (C=O) groups is 1. The van der Waals surface area contributed by atoms with Crippen LogP contribution in [0.1, 0.15) is 55.2 Å². The summed E-state index contributed by atoms with van der Waals surface area (Å²) in [5.74, 6) is 2.71. The van der Waals surface area contributed by atoms with Gasteiger partial charge in [-0.05, 0) is 44.5 Å². The molecule has 3 aliphatic heterocycles. The molecular weight excluding hydrogens is 446 g/mol. The Hall–Kier alpha value is -2.98. The largest absolute Gasteiger partial charge is 0.491 e. The molecule has 1 fully saturated rings. The zero-order chi connectivity index (χ0) is 24.7. The van der Waals surface area contributed by atoms with Crippen molar-refractivity contribution in [3.63, 3.8) is 0 Å². The molecule has 0 spiro atoms. The average molecular weight is 482 g/mol. The zero-order valence-electron chi connectivity index (χ0n) is 21.0. The Bertz CT molecular complexity index is 1110. The molecule has 1 N–H and O–H groups in total. The van der Waals surface area contributed by atoms with Gasteiger partial charge in [0.1, 0.15) is 30.6 Å². The van der Waals surface area contributed by atoms with Gasteiger partial charge in [0.15, 0.2) is 5.82 Å². The van der Waals surface area contributed by atoms with Crippen LogP contribution < -0.4 is 4.74 Å². The van der Waals surface area contributed by atoms with E-state index in [9.17, 15) is 9.90 Å². The zero-order valence-corrected chi connectivity index (χ0v) is 21.0. The number of fused-ring (bicyclic) bond motifs is 3. The number of carbonyl (C=O) groups excluding carboxylic acids is 1. The molecule has 3 unspecified atom stereocenters. The number of hydrogen-bond donors (Lipinski definition) is 1. The van der Waals surface area contributed by atoms with Gasteiger partial charge in [0, 0.05) is 39.1 Å². The number of likely N-dealkylation sites (N-methyl/N-ethyl adjacent to an activating group) is 1. The molecule has 1 saturated heterocycles. The summed E-state index contributed by atoms with van der Waals surface area (Å²) in [5, 5.41) is 15.3. The lowest BCUT2D eigenvalue weighted by Crippen LogP contribution is -2.46. The summed E-state index contributed by atoms with van der Waals surface area (Å²) < 4.78 is 8.09. The van der Waals surface area contributed by atoms with Crippen LogP contribution in [0.3, 0.4) is 0 Å². The normalized spacial score (nSPS) is 24.5. The lowest BCUT2D eigenvalue weighted by molar-refractivity contribution is -0.130. The second-order valence-corrected chi connectivity index (χ2v) is 10.2. The van der Waals surface area contributed by atoms with Crippen LogP contribution in [-0.2, 0) is 4.79 Å². The molecule has 0 saturated carbocycles. The van der Waals surface area contributed by atoms with Gasteiger partial charge in [-0.2, -0.15) is 5.10 Å². The molecule has 0 aliphatic carbocycles. The average Bonchev–Trinajstić information content (AvgIpc) is 3.43. The third kappa shape index (κ3) is 4.64. The number of aromatic nitrogens is 3. The minimum atomic E-state index is -0.533. The summed E-state index contributed by atoms with van der Waals surface area (Å²) in [6, 6.07) is 6.40. The van der Waals surface area contributed by atoms with Crippen molar-refractivity contribution >= 4 is 11.7 Å². The fourth-order valence-corrected chi connectivity index (χ4v) is 5.24. The number of amidine groups is 1. The summed E-state index contributed by atoms with van der Waals surface area (Å²) in [7, 11) is 3.52. The lowest BCUT2D eigenvalue weighted by Gasteiger charge is -2.36. The molecule has 5 rings (SSSR count). The molecule has 2 aromatic rings. The van der Waals surface area contributed by atoms with E-state index in [2.05, 4.69) is 47.0 Å². The van der Waals surface area contributed by atoms with Crippen LogP contribution in [0.25, 0.3) is 0 Å². The second-order valence-electron chi connectivity index (χ2n) is 10.2. The first-order valence-corrected chi connectivity index (χ1v) is 12.4. The number of benzene rings is 1. The van der Waals surface area contributed by atoms with Crippen molar-refractivity contribution in [1.29, 1.82) is 0 Å². The molecule has 0 bridgehead atoms. The molecule has 1 aromatic carbocycles. The van der Waals surface area contributed by atoms with E-state index in [4.69, 9.17) is 9.73 Å². The maximum absolute atomic E-state index is 12.1. The van der Waals surface area contributed by atoms with E-state index in [0.29, 0.717) is 19.7 Å². The molecule has 35 heavy (non-hydrogen) atoms. The molecular formula is C25H35N7O3. The lowest BCUT2D eigenvalue weighted by atomic mass is 9.86. The van der Waals surface area contributed by atoms with Crippen LogP contribution in [0.2, 0.25) is 0 Å². The van der Waals surface area contributed by atoms with Gasteiger partial charge in [-0.3, -0.25) is 14.7 Å². The van der Waals surface area contributed by atoms with E-state index in [-0.39, 0.29) is 23.9 Å². The Labute approximate surface area is 206 Å². The number of piperidine rings is 1. The monoisotopic (exact) mass is 481 g/mol. The van der Waals surface area contributed by atoms with Crippen LogP contribution in [0.15, 0.2) is 29.5 Å². The number of likely N-dealkylation sites (tertiary alicyclic amines) is 1. The molecule has 1 amide bonds. The number of β-amino-alcohol motifs (C(OH)–C–C–N with tert-alkyl or cyclic N) is 1. The van der Waals surface area contributed by atoms with Gasteiger partial charge in [-0.1, -0.05) is 6.07 Å². The Morgan fingerprint density at radius 1 is 1.26 bits per heavy atom. The number of aliphatic imine (C=N–C) groups is 1. The molecule has 4 heterocycles. The van der Waals surface area contributed by atoms with Gasteiger partial charge in [0.2, 0.25) is 5.91 Å². The van der Waals surface area contributed by atoms with Crippen molar-refractivity contribution in [3.8, 4) is 5.75 Å². The first-order valence-electron chi connectivity index (χ1n) is 12.4. The van der Waals surface area contributed by atoms with Crippen LogP contribution in [0.4, 0.5) is 0 Å². The molecule has 188 valence electrons. The number of rotatable bonds is 5. The van der Waals surface area contributed by atoms with Crippen molar-refractivity contribution in [2.75, 3.05) is 53.4 Å². The molecule has 0 radical (unpaired) electrons. The van der Waals surface area contributed by atoms with Crippen LogP contribution >= 0.6 is 0 Å². The van der Waals surface area contributed by atoms with Gasteiger partial charge >= 0.3 is 0 Å². The highest BCUT2D eigenvalue weighted by Gasteiger charge is 2.35. The van der Waals surface area contributed by atoms with Gasteiger partial charge < -0.3 is 19.6 Å². The van der Waals surface area contributed by atoms with Crippen LogP contribution in [0, 0.1) is 0 Å². The number of aliphatic hydroxyl groups is 1. The third-order valence-corrected chi connectivity index (χ3v) is 7.18. The smallest absolute Gasteiger partial charge is 0.236 e. The fraction of sp³-hybridized carbons (Fsp3) is 0.600. The van der Waals surface area contributed by atoms with E-state index in [1.807, 2.05) is 9.58 Å². The number of aliphatic hydroxyl groups excluding tert-OH is 1. The Morgan fingerprint density at radius 3 is 2.83 bits per heavy atom. The van der Waals surface area contributed by atoms with Gasteiger partial charge in [0.25, 0.3) is 0 Å². The predicted octanol–water partition coefficient (Wildman–Crippen LogP) is 1.29. The van der Waals surface area contributed by atoms with Gasteiger partial charge in [-0.15, -0.1) is 0 Å². The maximum atomic E-state index is 12.1. The minimum absolute atomic E-state index is 0.0109. The predicted molar refractivity (Wildman–Crippen MR) is 132 cm³/mol. The molecule has 1 aromatic heterocycles. The highest BCUT2D eigenvalue weighted by Crippen LogP contribution is 2.36. The summed E-state index contributed by atoms with van der Waals surface area (Å²) in [6.45, 7) is 7.89. The van der Waals surface area contributed by atoms with Gasteiger partial charge in [0.05, 0.1) is 24.8 Å². The third-order valence-electron chi connectivity index (χ3n) is 7.18. The Kier molecular flexibility index (Phi) is 6.50. The van der Waals surface area contributed by atoms with E-state index in [1.54, 1.807) is 25.3 Å². The SMILES string of the molecule is CC(C)n1ncnc1C1CN2CCOc3cc(C4CCN(CC(=O)N(C)C)CC4O)ccc3C2=N1. The molecule has 3 aliphatic rings. The summed E-state index contributed by atoms with van der Waals surface area (Å²) >= 11 is 0. The van der Waals surface area contributed by atoms with Crippen molar-refractivity contribution < 1.29 is 14.6 Å². The summed E-state index contributed by atoms with van der Waals surface area (Å²) in [6.07, 6.45) is 1.87. The maximum Gasteiger partial charge on any atom is 0.236 e. The summed E-state index contributed by atoms with van der Waals surface area (Å²) in [5.41, 5.74) is 2.05. The Morgan fingerprint density at radius 2 is 2.09 bits per heavy atom. The number of nitrogens with zero attached hydrogens (tertiary/aromatic N) is 7. The minimum Gasteiger partial charge on any atom is -0.491 e. The highest BCUT2D eigenvalue weighted by atomic mass is 16.5. The second kappa shape index (κ2) is 9.58. The van der Waals surface area contributed by atoms with Crippen LogP contribution in [-0.4, -0.2) is 106 Å². The Balaban J connectivity index is 1.35. The summed E-state index contributed by atoms with van der Waals surface area (Å²) in [4.78, 5) is 27.5. The molecule has 10 heteroatoms. The van der Waals surface area contributed by atoms with Gasteiger partial charge in [-0.25, -0.2) is 9.67 Å². The van der Waals surface area contributed by atoms with Crippen molar-refractivity contribution in [2.45, 2.75) is 44.4 Å². The molecule has 3 atom stereocenters. The number of hydrogen-bond acceptors (Lipinski definition) is 8. The standard InChI is InChI=1S/C25H35N7O3/c1-16(2)32-25(26-15-27-32)20-12-31-9-10-35-22-11-17(5-6-19(22)24(31)28-20)18-7-8-30(13-21(18)33)14-23(34)29(3)4/h5-6,11,15-16,18,20-21,33H,7-10,12-14H2,1-4H3. The number of ether oxygens (including phenoxy) is 1. The van der Waals surface area contributed by atoms with Crippen molar-refractivity contribution in [2.24, 2.45) is 4.99 Å². The quantitative estimate of drug-likeness (QED) is 0.687. The van der Waals surface area contributed by atoms with Crippen LogP contribution in [0.5, 0.6) is 5.75 Å². The first kappa shape index (κ1) is 23.7. The topological polar surface area (TPSA) is 99.3 Å². The van der Waals surface area contributed by atoms with E-state index < -0.39 is 6.10 Å². The van der Waals surface area contributed by atoms with E-state index in [1.165, 1.54) is 0 Å². The highest BCUT2D eigenvalue weighted by molar-refractivity contribution is 6.02. The number of amides is 1. The fourth-order valence-electron chi connectivity index (χ4n) is 5.24. The molecule has 10 nitrogen and oxygen atoms in total.